The van der Waals surface area contributed by atoms with Crippen LogP contribution in [0.4, 0.5) is 5.69 Å². The molecule has 0 aliphatic heterocycles. The van der Waals surface area contributed by atoms with Crippen molar-refractivity contribution < 1.29 is 13.9 Å². The maximum Gasteiger partial charge on any atom is 0.124 e. The molecule has 108 valence electrons. The van der Waals surface area contributed by atoms with Crippen molar-refractivity contribution in [1.29, 1.82) is 0 Å². The lowest BCUT2D eigenvalue weighted by Crippen LogP contribution is -2.16. The van der Waals surface area contributed by atoms with Crippen molar-refractivity contribution in [2.24, 2.45) is 0 Å². The zero-order chi connectivity index (χ0) is 14.4. The molecule has 1 N–H and O–H groups in total. The van der Waals surface area contributed by atoms with Crippen LogP contribution >= 0.6 is 0 Å². The van der Waals surface area contributed by atoms with E-state index in [-0.39, 0.29) is 0 Å². The average molecular weight is 275 g/mol. The molecule has 2 aromatic rings. The van der Waals surface area contributed by atoms with Crippen LogP contribution in [-0.2, 0) is 6.42 Å². The molecule has 4 nitrogen and oxygen atoms in total. The molecule has 0 fully saturated rings. The van der Waals surface area contributed by atoms with E-state index in [1.807, 2.05) is 30.3 Å². The summed E-state index contributed by atoms with van der Waals surface area (Å²) in [4.78, 5) is 0. The first kappa shape index (κ1) is 14.3. The Labute approximate surface area is 119 Å². The summed E-state index contributed by atoms with van der Waals surface area (Å²) in [6.45, 7) is 2.15. The molecule has 0 saturated heterocycles. The van der Waals surface area contributed by atoms with Crippen LogP contribution in [0, 0.1) is 0 Å². The van der Waals surface area contributed by atoms with Crippen molar-refractivity contribution >= 4 is 5.69 Å². The largest absolute Gasteiger partial charge is 0.497 e. The van der Waals surface area contributed by atoms with Crippen molar-refractivity contribution in [1.82, 2.24) is 0 Å². The monoisotopic (exact) mass is 275 g/mol. The molecule has 20 heavy (non-hydrogen) atoms. The van der Waals surface area contributed by atoms with Crippen molar-refractivity contribution in [3.63, 3.8) is 0 Å². The van der Waals surface area contributed by atoms with Gasteiger partial charge < -0.3 is 19.2 Å². The predicted octanol–water partition coefficient (Wildman–Crippen LogP) is 3.73. The Kier molecular flexibility index (Phi) is 4.93. The maximum absolute atomic E-state index is 5.34. The van der Waals surface area contributed by atoms with Crippen LogP contribution in [-0.4, -0.2) is 20.3 Å². The minimum Gasteiger partial charge on any atom is -0.497 e. The summed E-state index contributed by atoms with van der Waals surface area (Å²) < 4.78 is 15.9. The Morgan fingerprint density at radius 2 is 1.85 bits per heavy atom. The van der Waals surface area contributed by atoms with Gasteiger partial charge in [0.2, 0.25) is 0 Å². The van der Waals surface area contributed by atoms with Gasteiger partial charge in [-0.3, -0.25) is 0 Å². The maximum atomic E-state index is 5.34. The highest BCUT2D eigenvalue weighted by Gasteiger charge is 2.07. The summed E-state index contributed by atoms with van der Waals surface area (Å²) in [5, 5.41) is 3.45. The lowest BCUT2D eigenvalue weighted by Gasteiger charge is -2.16. The molecule has 0 saturated carbocycles. The Morgan fingerprint density at radius 1 is 1.15 bits per heavy atom. The zero-order valence-corrected chi connectivity index (χ0v) is 12.2. The van der Waals surface area contributed by atoms with Gasteiger partial charge in [-0.15, -0.1) is 0 Å². The van der Waals surface area contributed by atoms with Gasteiger partial charge >= 0.3 is 0 Å². The first-order valence-electron chi connectivity index (χ1n) is 6.73. The SMILES string of the molecule is COc1cc(NC(C)CCc2ccco2)cc(OC)c1. The molecular formula is C16H21NO3. The van der Waals surface area contributed by atoms with Gasteiger partial charge in [-0.25, -0.2) is 0 Å². The number of aryl methyl sites for hydroxylation is 1. The number of anilines is 1. The van der Waals surface area contributed by atoms with Gasteiger partial charge in [0.05, 0.1) is 20.5 Å². The first-order chi connectivity index (χ1) is 9.71. The van der Waals surface area contributed by atoms with E-state index in [4.69, 9.17) is 13.9 Å². The summed E-state index contributed by atoms with van der Waals surface area (Å²) >= 11 is 0. The fourth-order valence-corrected chi connectivity index (χ4v) is 2.06. The van der Waals surface area contributed by atoms with Crippen LogP contribution in [0.15, 0.2) is 41.0 Å². The van der Waals surface area contributed by atoms with E-state index in [0.29, 0.717) is 6.04 Å². The third-order valence-corrected chi connectivity index (χ3v) is 3.17. The second-order valence-corrected chi connectivity index (χ2v) is 4.76. The molecule has 2 rings (SSSR count). The third kappa shape index (κ3) is 3.95. The second-order valence-electron chi connectivity index (χ2n) is 4.76. The molecule has 1 heterocycles. The van der Waals surface area contributed by atoms with E-state index in [0.717, 1.165) is 35.8 Å². The minimum absolute atomic E-state index is 0.330. The van der Waals surface area contributed by atoms with Crippen LogP contribution in [0.2, 0.25) is 0 Å². The first-order valence-corrected chi connectivity index (χ1v) is 6.73. The van der Waals surface area contributed by atoms with E-state index in [2.05, 4.69) is 12.2 Å². The van der Waals surface area contributed by atoms with Gasteiger partial charge in [-0.2, -0.15) is 0 Å². The standard InChI is InChI=1S/C16H21NO3/c1-12(6-7-14-5-4-8-20-14)17-13-9-15(18-2)11-16(10-13)19-3/h4-5,8-12,17H,6-7H2,1-3H3. The summed E-state index contributed by atoms with van der Waals surface area (Å²) in [6.07, 6.45) is 3.62. The van der Waals surface area contributed by atoms with E-state index >= 15 is 0 Å². The molecule has 0 amide bonds. The summed E-state index contributed by atoms with van der Waals surface area (Å²) in [5.74, 6) is 2.58. The normalized spacial score (nSPS) is 11.9. The van der Waals surface area contributed by atoms with Crippen molar-refractivity contribution in [3.8, 4) is 11.5 Å². The molecule has 1 aromatic carbocycles. The van der Waals surface area contributed by atoms with E-state index in [1.165, 1.54) is 0 Å². The number of nitrogens with one attached hydrogen (secondary N) is 1. The summed E-state index contributed by atoms with van der Waals surface area (Å²) in [7, 11) is 3.30. The summed E-state index contributed by atoms with van der Waals surface area (Å²) in [5.41, 5.74) is 0.994. The van der Waals surface area contributed by atoms with Gasteiger partial charge in [0.1, 0.15) is 17.3 Å². The average Bonchev–Trinajstić information content (AvgIpc) is 2.98. The van der Waals surface area contributed by atoms with Gasteiger partial charge in [0.15, 0.2) is 0 Å². The third-order valence-electron chi connectivity index (χ3n) is 3.17. The molecule has 0 aliphatic carbocycles. The molecule has 0 aliphatic rings. The molecule has 0 radical (unpaired) electrons. The van der Waals surface area contributed by atoms with Gasteiger partial charge in [0.25, 0.3) is 0 Å². The number of furan rings is 1. The van der Waals surface area contributed by atoms with Crippen LogP contribution in [0.25, 0.3) is 0 Å². The lowest BCUT2D eigenvalue weighted by atomic mass is 10.1. The zero-order valence-electron chi connectivity index (χ0n) is 12.2. The van der Waals surface area contributed by atoms with Crippen LogP contribution < -0.4 is 14.8 Å². The number of hydrogen-bond donors (Lipinski definition) is 1. The fraction of sp³-hybridized carbons (Fsp3) is 0.375. The van der Waals surface area contributed by atoms with Crippen molar-refractivity contribution in [2.75, 3.05) is 19.5 Å². The summed E-state index contributed by atoms with van der Waals surface area (Å²) in [6, 6.07) is 10.0. The predicted molar refractivity (Wildman–Crippen MR) is 79.7 cm³/mol. The molecule has 0 bridgehead atoms. The number of hydrogen-bond acceptors (Lipinski definition) is 4. The Bertz CT molecular complexity index is 500. The minimum atomic E-state index is 0.330. The van der Waals surface area contributed by atoms with Crippen LogP contribution in [0.1, 0.15) is 19.1 Å². The highest BCUT2D eigenvalue weighted by atomic mass is 16.5. The number of ether oxygens (including phenoxy) is 2. The van der Waals surface area contributed by atoms with E-state index < -0.39 is 0 Å². The molecule has 1 atom stereocenters. The van der Waals surface area contributed by atoms with E-state index in [9.17, 15) is 0 Å². The van der Waals surface area contributed by atoms with Gasteiger partial charge in [-0.05, 0) is 25.5 Å². The van der Waals surface area contributed by atoms with E-state index in [1.54, 1.807) is 20.5 Å². The van der Waals surface area contributed by atoms with Crippen LogP contribution in [0.3, 0.4) is 0 Å². The van der Waals surface area contributed by atoms with Gasteiger partial charge in [0, 0.05) is 36.3 Å². The second kappa shape index (κ2) is 6.89. The van der Waals surface area contributed by atoms with Crippen LogP contribution in [0.5, 0.6) is 11.5 Å². The topological polar surface area (TPSA) is 43.6 Å². The highest BCUT2D eigenvalue weighted by molar-refractivity contribution is 5.54. The smallest absolute Gasteiger partial charge is 0.124 e. The number of benzene rings is 1. The molecule has 1 unspecified atom stereocenters. The molecular weight excluding hydrogens is 254 g/mol. The Morgan fingerprint density at radius 3 is 2.40 bits per heavy atom. The van der Waals surface area contributed by atoms with Gasteiger partial charge in [-0.1, -0.05) is 0 Å². The molecule has 1 aromatic heterocycles. The Hall–Kier alpha value is -2.10. The van der Waals surface area contributed by atoms with Crippen molar-refractivity contribution in [3.05, 3.63) is 42.4 Å². The number of methoxy groups -OCH3 is 2. The quantitative estimate of drug-likeness (QED) is 0.836. The molecule has 4 heteroatoms. The molecule has 0 spiro atoms. The Balaban J connectivity index is 1.94. The lowest BCUT2D eigenvalue weighted by molar-refractivity contribution is 0.394. The van der Waals surface area contributed by atoms with Crippen molar-refractivity contribution in [2.45, 2.75) is 25.8 Å². The highest BCUT2D eigenvalue weighted by Crippen LogP contribution is 2.26. The number of rotatable bonds is 7. The fourth-order valence-electron chi connectivity index (χ4n) is 2.06.